The molecular formula is C16H18ClNO2. The van der Waals surface area contributed by atoms with Crippen molar-refractivity contribution < 1.29 is 9.59 Å². The fourth-order valence-electron chi connectivity index (χ4n) is 2.43. The summed E-state index contributed by atoms with van der Waals surface area (Å²) in [5.41, 5.74) is 1.33. The normalized spacial score (nSPS) is 15.0. The first-order valence-corrected chi connectivity index (χ1v) is 7.27. The average molecular weight is 292 g/mol. The molecule has 0 radical (unpaired) electrons. The van der Waals surface area contributed by atoms with Gasteiger partial charge in [-0.05, 0) is 19.5 Å². The van der Waals surface area contributed by atoms with Crippen molar-refractivity contribution in [1.82, 2.24) is 4.90 Å². The van der Waals surface area contributed by atoms with E-state index in [4.69, 9.17) is 11.6 Å². The van der Waals surface area contributed by atoms with Gasteiger partial charge in [0.25, 0.3) is 0 Å². The Morgan fingerprint density at radius 2 is 1.55 bits per heavy atom. The number of ketones is 2. The molecule has 3 nitrogen and oxygen atoms in total. The van der Waals surface area contributed by atoms with E-state index < -0.39 is 0 Å². The van der Waals surface area contributed by atoms with Gasteiger partial charge in [0, 0.05) is 23.2 Å². The largest absolute Gasteiger partial charge is 0.304 e. The minimum Gasteiger partial charge on any atom is -0.304 e. The highest BCUT2D eigenvalue weighted by Gasteiger charge is 2.30. The van der Waals surface area contributed by atoms with E-state index in [2.05, 4.69) is 18.7 Å². The number of allylic oxidation sites excluding steroid dienone is 1. The van der Waals surface area contributed by atoms with Crippen molar-refractivity contribution in [3.8, 4) is 0 Å². The molecule has 0 unspecified atom stereocenters. The van der Waals surface area contributed by atoms with Gasteiger partial charge >= 0.3 is 0 Å². The lowest BCUT2D eigenvalue weighted by Crippen LogP contribution is -2.27. The van der Waals surface area contributed by atoms with Crippen molar-refractivity contribution >= 4 is 23.2 Å². The summed E-state index contributed by atoms with van der Waals surface area (Å²) >= 11 is 6.12. The van der Waals surface area contributed by atoms with E-state index in [1.54, 1.807) is 24.3 Å². The maximum absolute atomic E-state index is 12.4. The molecule has 0 heterocycles. The first-order valence-electron chi connectivity index (χ1n) is 6.89. The van der Waals surface area contributed by atoms with Crippen LogP contribution in [0.1, 0.15) is 41.0 Å². The Bertz CT molecular complexity index is 574. The number of rotatable bonds is 5. The zero-order chi connectivity index (χ0) is 14.7. The van der Waals surface area contributed by atoms with Crippen molar-refractivity contribution in [3.05, 3.63) is 46.0 Å². The van der Waals surface area contributed by atoms with E-state index in [0.717, 1.165) is 19.6 Å². The number of halogens is 1. The molecule has 1 aliphatic rings. The van der Waals surface area contributed by atoms with Crippen LogP contribution in [0.2, 0.25) is 0 Å². The van der Waals surface area contributed by atoms with E-state index in [0.29, 0.717) is 23.1 Å². The Hall–Kier alpha value is -1.45. The Labute approximate surface area is 124 Å². The van der Waals surface area contributed by atoms with Gasteiger partial charge in [-0.3, -0.25) is 9.59 Å². The second-order valence-corrected chi connectivity index (χ2v) is 5.15. The van der Waals surface area contributed by atoms with Crippen molar-refractivity contribution in [2.75, 3.05) is 19.6 Å². The summed E-state index contributed by atoms with van der Waals surface area (Å²) in [5.74, 6) is -0.353. The minimum absolute atomic E-state index is 0.0841. The number of hydrogen-bond donors (Lipinski definition) is 0. The average Bonchev–Trinajstić information content (AvgIpc) is 2.49. The Morgan fingerprint density at radius 3 is 2.10 bits per heavy atom. The molecule has 0 bridgehead atoms. The molecule has 1 aliphatic carbocycles. The van der Waals surface area contributed by atoms with Gasteiger partial charge in [-0.2, -0.15) is 0 Å². The Morgan fingerprint density at radius 1 is 1.00 bits per heavy atom. The van der Waals surface area contributed by atoms with Gasteiger partial charge in [0.15, 0.2) is 5.78 Å². The number of carbonyl (C=O) groups is 2. The third kappa shape index (κ3) is 2.69. The molecule has 4 heteroatoms. The van der Waals surface area contributed by atoms with Gasteiger partial charge in [-0.25, -0.2) is 0 Å². The maximum Gasteiger partial charge on any atom is 0.205 e. The lowest BCUT2D eigenvalue weighted by molar-refractivity contribution is 0.0976. The van der Waals surface area contributed by atoms with Crippen LogP contribution in [0, 0.1) is 0 Å². The van der Waals surface area contributed by atoms with Crippen LogP contribution >= 0.6 is 11.6 Å². The molecule has 106 valence electrons. The van der Waals surface area contributed by atoms with Gasteiger partial charge in [-0.15, -0.1) is 0 Å². The monoisotopic (exact) mass is 291 g/mol. The van der Waals surface area contributed by atoms with Gasteiger partial charge < -0.3 is 4.90 Å². The van der Waals surface area contributed by atoms with E-state index in [9.17, 15) is 9.59 Å². The van der Waals surface area contributed by atoms with Crippen molar-refractivity contribution in [2.24, 2.45) is 0 Å². The highest BCUT2D eigenvalue weighted by molar-refractivity contribution is 6.50. The minimum atomic E-state index is -0.239. The molecule has 0 N–H and O–H groups in total. The summed E-state index contributed by atoms with van der Waals surface area (Å²) in [5, 5.41) is 0.0841. The number of benzene rings is 1. The molecule has 1 aromatic rings. The number of carbonyl (C=O) groups excluding carboxylic acids is 2. The van der Waals surface area contributed by atoms with Crippen molar-refractivity contribution in [2.45, 2.75) is 20.3 Å². The van der Waals surface area contributed by atoms with Crippen LogP contribution in [0.3, 0.4) is 0 Å². The van der Waals surface area contributed by atoms with Crippen LogP contribution in [-0.4, -0.2) is 36.1 Å². The SMILES string of the molecule is CCN(CC)CCC1=C(Cl)C(=O)c2ccccc2C1=O. The van der Waals surface area contributed by atoms with Crippen molar-refractivity contribution in [3.63, 3.8) is 0 Å². The van der Waals surface area contributed by atoms with Gasteiger partial charge in [0.1, 0.15) is 0 Å². The number of Topliss-reactive ketones (excluding diaryl/α,β-unsaturated/α-hetero) is 2. The molecule has 20 heavy (non-hydrogen) atoms. The molecule has 0 spiro atoms. The van der Waals surface area contributed by atoms with Gasteiger partial charge in [0.05, 0.1) is 5.03 Å². The second kappa shape index (κ2) is 6.33. The third-order valence-electron chi connectivity index (χ3n) is 3.73. The molecule has 0 aliphatic heterocycles. The molecule has 0 atom stereocenters. The Balaban J connectivity index is 2.28. The summed E-state index contributed by atoms with van der Waals surface area (Å²) in [7, 11) is 0. The fraction of sp³-hybridized carbons (Fsp3) is 0.375. The fourth-order valence-corrected chi connectivity index (χ4v) is 2.71. The van der Waals surface area contributed by atoms with E-state index in [-0.39, 0.29) is 16.6 Å². The van der Waals surface area contributed by atoms with Crippen LogP contribution in [0.25, 0.3) is 0 Å². The predicted octanol–water partition coefficient (Wildman–Crippen LogP) is 3.29. The lowest BCUT2D eigenvalue weighted by Gasteiger charge is -2.21. The molecule has 0 amide bonds. The highest BCUT2D eigenvalue weighted by atomic mass is 35.5. The van der Waals surface area contributed by atoms with E-state index in [1.165, 1.54) is 0 Å². The first kappa shape index (κ1) is 14.9. The van der Waals surface area contributed by atoms with Gasteiger partial charge in [-0.1, -0.05) is 49.7 Å². The summed E-state index contributed by atoms with van der Waals surface area (Å²) in [6.45, 7) is 6.71. The first-order chi connectivity index (χ1) is 9.60. The van der Waals surface area contributed by atoms with Crippen LogP contribution in [0.4, 0.5) is 0 Å². The van der Waals surface area contributed by atoms with E-state index >= 15 is 0 Å². The Kier molecular flexibility index (Phi) is 4.73. The van der Waals surface area contributed by atoms with Crippen LogP contribution < -0.4 is 0 Å². The molecular weight excluding hydrogens is 274 g/mol. The van der Waals surface area contributed by atoms with Crippen LogP contribution in [0.15, 0.2) is 34.9 Å². The standard InChI is InChI=1S/C16H18ClNO2/c1-3-18(4-2)10-9-13-14(17)16(20)12-8-6-5-7-11(12)15(13)19/h5-8H,3-4,9-10H2,1-2H3. The highest BCUT2D eigenvalue weighted by Crippen LogP contribution is 2.30. The van der Waals surface area contributed by atoms with Crippen molar-refractivity contribution in [1.29, 1.82) is 0 Å². The maximum atomic E-state index is 12.4. The smallest absolute Gasteiger partial charge is 0.205 e. The molecule has 2 rings (SSSR count). The summed E-state index contributed by atoms with van der Waals surface area (Å²) < 4.78 is 0. The number of hydrogen-bond acceptors (Lipinski definition) is 3. The summed E-state index contributed by atoms with van der Waals surface area (Å²) in [6, 6.07) is 6.86. The molecule has 0 saturated heterocycles. The lowest BCUT2D eigenvalue weighted by atomic mass is 9.88. The topological polar surface area (TPSA) is 37.4 Å². The van der Waals surface area contributed by atoms with Crippen LogP contribution in [-0.2, 0) is 0 Å². The molecule has 1 aromatic carbocycles. The number of fused-ring (bicyclic) bond motifs is 1. The zero-order valence-corrected chi connectivity index (χ0v) is 12.5. The zero-order valence-electron chi connectivity index (χ0n) is 11.8. The summed E-state index contributed by atoms with van der Waals surface area (Å²) in [4.78, 5) is 26.9. The third-order valence-corrected chi connectivity index (χ3v) is 4.13. The molecule has 0 fully saturated rings. The predicted molar refractivity (Wildman–Crippen MR) is 80.4 cm³/mol. The van der Waals surface area contributed by atoms with Gasteiger partial charge in [0.2, 0.25) is 5.78 Å². The second-order valence-electron chi connectivity index (χ2n) is 4.77. The number of nitrogens with zero attached hydrogens (tertiary/aromatic N) is 1. The molecule has 0 aromatic heterocycles. The quantitative estimate of drug-likeness (QED) is 0.835. The molecule has 0 saturated carbocycles. The van der Waals surface area contributed by atoms with Crippen LogP contribution in [0.5, 0.6) is 0 Å². The summed E-state index contributed by atoms with van der Waals surface area (Å²) in [6.07, 6.45) is 0.513. The van der Waals surface area contributed by atoms with E-state index in [1.807, 2.05) is 0 Å².